The number of nitrogens with zero attached hydrogens (tertiary/aromatic N) is 1. The Kier molecular flexibility index (Phi) is 5.20. The molecule has 0 saturated carbocycles. The van der Waals surface area contributed by atoms with E-state index >= 15 is 0 Å². The Morgan fingerprint density at radius 2 is 2.31 bits per heavy atom. The summed E-state index contributed by atoms with van der Waals surface area (Å²) in [6.45, 7) is 2.01. The molecule has 3 nitrogen and oxygen atoms in total. The molecule has 1 aromatic heterocycles. The maximum absolute atomic E-state index is 8.39. The van der Waals surface area contributed by atoms with Gasteiger partial charge in [0.2, 0.25) is 0 Å². The SMILES string of the molecule is CCc1ccc([C@@H](N)CC#N)o1.Cl. The number of rotatable bonds is 3. The predicted octanol–water partition coefficient (Wildman–Crippen LogP) is 2.18. The number of nitrogens with two attached hydrogens (primary N) is 1. The second-order valence-corrected chi connectivity index (χ2v) is 2.63. The van der Waals surface area contributed by atoms with Gasteiger partial charge in [-0.1, -0.05) is 6.92 Å². The maximum atomic E-state index is 8.39. The minimum absolute atomic E-state index is 0. The molecule has 4 heteroatoms. The van der Waals surface area contributed by atoms with Crippen LogP contribution in [0.15, 0.2) is 16.5 Å². The lowest BCUT2D eigenvalue weighted by atomic mass is 10.2. The van der Waals surface area contributed by atoms with Gasteiger partial charge >= 0.3 is 0 Å². The quantitative estimate of drug-likeness (QED) is 0.814. The highest BCUT2D eigenvalue weighted by atomic mass is 35.5. The van der Waals surface area contributed by atoms with E-state index in [0.29, 0.717) is 12.2 Å². The summed E-state index contributed by atoms with van der Waals surface area (Å²) in [7, 11) is 0. The highest BCUT2D eigenvalue weighted by molar-refractivity contribution is 5.85. The number of nitriles is 1. The van der Waals surface area contributed by atoms with Crippen LogP contribution >= 0.6 is 12.4 Å². The summed E-state index contributed by atoms with van der Waals surface area (Å²) in [5.74, 6) is 1.62. The second-order valence-electron chi connectivity index (χ2n) is 2.63. The van der Waals surface area contributed by atoms with Crippen molar-refractivity contribution in [2.45, 2.75) is 25.8 Å². The van der Waals surface area contributed by atoms with Crippen LogP contribution in [0.25, 0.3) is 0 Å². The highest BCUT2D eigenvalue weighted by Crippen LogP contribution is 2.16. The van der Waals surface area contributed by atoms with Crippen molar-refractivity contribution in [2.24, 2.45) is 5.73 Å². The first-order valence-electron chi connectivity index (χ1n) is 3.99. The monoisotopic (exact) mass is 200 g/mol. The molecule has 1 atom stereocenters. The number of furan rings is 1. The first-order chi connectivity index (χ1) is 5.77. The van der Waals surface area contributed by atoms with Gasteiger partial charge in [0.15, 0.2) is 0 Å². The van der Waals surface area contributed by atoms with Crippen molar-refractivity contribution >= 4 is 12.4 Å². The van der Waals surface area contributed by atoms with Crippen LogP contribution in [0.2, 0.25) is 0 Å². The maximum Gasteiger partial charge on any atom is 0.121 e. The Morgan fingerprint density at radius 3 is 2.77 bits per heavy atom. The van der Waals surface area contributed by atoms with Gasteiger partial charge in [-0.25, -0.2) is 0 Å². The summed E-state index contributed by atoms with van der Waals surface area (Å²) in [4.78, 5) is 0. The van der Waals surface area contributed by atoms with E-state index in [4.69, 9.17) is 15.4 Å². The number of halogens is 1. The van der Waals surface area contributed by atoms with Crippen molar-refractivity contribution in [1.29, 1.82) is 5.26 Å². The van der Waals surface area contributed by atoms with Gasteiger partial charge in [-0.15, -0.1) is 12.4 Å². The van der Waals surface area contributed by atoms with Gasteiger partial charge in [0.1, 0.15) is 11.5 Å². The molecule has 0 aromatic carbocycles. The lowest BCUT2D eigenvalue weighted by Crippen LogP contribution is -2.07. The largest absolute Gasteiger partial charge is 0.464 e. The fraction of sp³-hybridized carbons (Fsp3) is 0.444. The third-order valence-electron chi connectivity index (χ3n) is 1.71. The molecule has 0 aliphatic heterocycles. The van der Waals surface area contributed by atoms with Crippen LogP contribution in [0.3, 0.4) is 0 Å². The Labute approximate surface area is 83.9 Å². The predicted molar refractivity (Wildman–Crippen MR) is 52.5 cm³/mol. The Balaban J connectivity index is 0.00000144. The number of aryl methyl sites for hydroxylation is 1. The van der Waals surface area contributed by atoms with E-state index in [2.05, 4.69) is 0 Å². The van der Waals surface area contributed by atoms with E-state index in [1.54, 1.807) is 0 Å². The first kappa shape index (κ1) is 12.0. The minimum Gasteiger partial charge on any atom is -0.464 e. The van der Waals surface area contributed by atoms with Crippen LogP contribution < -0.4 is 5.73 Å². The Hall–Kier alpha value is -0.980. The molecular formula is C9H13ClN2O. The van der Waals surface area contributed by atoms with E-state index in [1.807, 2.05) is 25.1 Å². The topological polar surface area (TPSA) is 63.0 Å². The third-order valence-corrected chi connectivity index (χ3v) is 1.71. The third kappa shape index (κ3) is 3.10. The molecule has 1 rings (SSSR count). The van der Waals surface area contributed by atoms with Crippen molar-refractivity contribution in [3.63, 3.8) is 0 Å². The van der Waals surface area contributed by atoms with Gasteiger partial charge in [0, 0.05) is 6.42 Å². The van der Waals surface area contributed by atoms with E-state index in [-0.39, 0.29) is 18.4 Å². The lowest BCUT2D eigenvalue weighted by Gasteiger charge is -2.01. The molecule has 72 valence electrons. The molecule has 0 aliphatic rings. The fourth-order valence-electron chi connectivity index (χ4n) is 0.983. The van der Waals surface area contributed by atoms with Crippen LogP contribution in [0.5, 0.6) is 0 Å². The van der Waals surface area contributed by atoms with Crippen molar-refractivity contribution < 1.29 is 4.42 Å². The molecule has 13 heavy (non-hydrogen) atoms. The molecule has 0 amide bonds. The molecule has 0 aliphatic carbocycles. The molecule has 0 spiro atoms. The molecular weight excluding hydrogens is 188 g/mol. The summed E-state index contributed by atoms with van der Waals surface area (Å²) < 4.78 is 5.37. The average molecular weight is 201 g/mol. The highest BCUT2D eigenvalue weighted by Gasteiger charge is 2.09. The van der Waals surface area contributed by atoms with Crippen molar-refractivity contribution in [3.8, 4) is 6.07 Å². The van der Waals surface area contributed by atoms with E-state index in [1.165, 1.54) is 0 Å². The number of hydrogen-bond donors (Lipinski definition) is 1. The molecule has 1 aromatic rings. The van der Waals surface area contributed by atoms with Crippen molar-refractivity contribution in [1.82, 2.24) is 0 Å². The van der Waals surface area contributed by atoms with Gasteiger partial charge < -0.3 is 10.2 Å². The molecule has 0 unspecified atom stereocenters. The van der Waals surface area contributed by atoms with Gasteiger partial charge in [0.05, 0.1) is 18.5 Å². The van der Waals surface area contributed by atoms with E-state index in [0.717, 1.165) is 12.2 Å². The fourth-order valence-corrected chi connectivity index (χ4v) is 0.983. The summed E-state index contributed by atoms with van der Waals surface area (Å²) in [6, 6.07) is 5.46. The zero-order valence-electron chi connectivity index (χ0n) is 7.49. The zero-order valence-corrected chi connectivity index (χ0v) is 8.30. The Bertz CT molecular complexity index is 290. The summed E-state index contributed by atoms with van der Waals surface area (Å²) >= 11 is 0. The van der Waals surface area contributed by atoms with E-state index < -0.39 is 0 Å². The molecule has 0 bridgehead atoms. The van der Waals surface area contributed by atoms with Crippen LogP contribution in [-0.2, 0) is 6.42 Å². The molecule has 0 saturated heterocycles. The van der Waals surface area contributed by atoms with Gasteiger partial charge in [-0.05, 0) is 12.1 Å². The summed E-state index contributed by atoms with van der Waals surface area (Å²) in [6.07, 6.45) is 1.16. The van der Waals surface area contributed by atoms with Crippen LogP contribution in [0.4, 0.5) is 0 Å². The molecule has 0 radical (unpaired) electrons. The molecule has 2 N–H and O–H groups in total. The van der Waals surface area contributed by atoms with Gasteiger partial charge in [0.25, 0.3) is 0 Å². The minimum atomic E-state index is -0.282. The second kappa shape index (κ2) is 5.63. The van der Waals surface area contributed by atoms with Gasteiger partial charge in [-0.3, -0.25) is 0 Å². The van der Waals surface area contributed by atoms with Crippen LogP contribution in [-0.4, -0.2) is 0 Å². The normalized spacial score (nSPS) is 11.5. The van der Waals surface area contributed by atoms with Crippen LogP contribution in [0, 0.1) is 11.3 Å². The van der Waals surface area contributed by atoms with Crippen LogP contribution in [0.1, 0.15) is 30.9 Å². The van der Waals surface area contributed by atoms with Crippen molar-refractivity contribution in [3.05, 3.63) is 23.7 Å². The van der Waals surface area contributed by atoms with Crippen molar-refractivity contribution in [2.75, 3.05) is 0 Å². The lowest BCUT2D eigenvalue weighted by molar-refractivity contribution is 0.438. The molecule has 0 fully saturated rings. The summed E-state index contributed by atoms with van der Waals surface area (Å²) in [5.41, 5.74) is 5.66. The first-order valence-corrected chi connectivity index (χ1v) is 3.99. The Morgan fingerprint density at radius 1 is 1.62 bits per heavy atom. The average Bonchev–Trinajstić information content (AvgIpc) is 2.52. The summed E-state index contributed by atoms with van der Waals surface area (Å²) in [5, 5.41) is 8.39. The smallest absolute Gasteiger partial charge is 0.121 e. The van der Waals surface area contributed by atoms with Gasteiger partial charge in [-0.2, -0.15) is 5.26 Å². The molecule has 1 heterocycles. The standard InChI is InChI=1S/C9H12N2O.ClH/c1-2-7-3-4-9(12-7)8(11)5-6-10;/h3-4,8H,2,5,11H2,1H3;1H/t8-;/m0./s1. The number of hydrogen-bond acceptors (Lipinski definition) is 3. The zero-order chi connectivity index (χ0) is 8.97. The van der Waals surface area contributed by atoms with E-state index in [9.17, 15) is 0 Å².